The molecule has 0 bridgehead atoms. The minimum Gasteiger partial charge on any atom is -0.453 e. The van der Waals surface area contributed by atoms with Crippen molar-refractivity contribution in [3.63, 3.8) is 0 Å². The van der Waals surface area contributed by atoms with Crippen LogP contribution in [0.25, 0.3) is 0 Å². The molecule has 0 radical (unpaired) electrons. The second kappa shape index (κ2) is 8.95. The van der Waals surface area contributed by atoms with Gasteiger partial charge in [-0.05, 0) is 80.8 Å². The number of anilines is 1. The third-order valence-electron chi connectivity index (χ3n) is 5.54. The number of nitrogens with one attached hydrogen (secondary N) is 2. The lowest BCUT2D eigenvalue weighted by Gasteiger charge is -2.15. The molecule has 1 heterocycles. The number of hydrogen-bond acceptors (Lipinski definition) is 5. The zero-order valence-corrected chi connectivity index (χ0v) is 17.4. The molecule has 1 aromatic carbocycles. The third-order valence-corrected chi connectivity index (χ3v) is 5.54. The van der Waals surface area contributed by atoms with Crippen molar-refractivity contribution in [1.82, 2.24) is 4.98 Å². The molecule has 0 fully saturated rings. The Morgan fingerprint density at radius 1 is 1.27 bits per heavy atom. The molecule has 2 aromatic rings. The van der Waals surface area contributed by atoms with Gasteiger partial charge in [0.2, 0.25) is 0 Å². The van der Waals surface area contributed by atoms with E-state index in [2.05, 4.69) is 10.3 Å². The van der Waals surface area contributed by atoms with Gasteiger partial charge in [0.05, 0.1) is 0 Å². The Labute approximate surface area is 175 Å². The molecule has 0 unspecified atom stereocenters. The normalized spacial score (nSPS) is 13.3. The molecular formula is C23H25N3O4. The largest absolute Gasteiger partial charge is 0.453 e. The van der Waals surface area contributed by atoms with Crippen molar-refractivity contribution < 1.29 is 14.3 Å². The van der Waals surface area contributed by atoms with Gasteiger partial charge in [-0.25, -0.2) is 0 Å². The van der Waals surface area contributed by atoms with Gasteiger partial charge in [-0.15, -0.1) is 0 Å². The lowest BCUT2D eigenvalue weighted by atomic mass is 9.99. The van der Waals surface area contributed by atoms with Crippen molar-refractivity contribution in [1.29, 1.82) is 5.26 Å². The summed E-state index contributed by atoms with van der Waals surface area (Å²) in [6.45, 7) is 4.95. The van der Waals surface area contributed by atoms with Crippen molar-refractivity contribution in [2.24, 2.45) is 0 Å². The van der Waals surface area contributed by atoms with Gasteiger partial charge in [0.25, 0.3) is 11.5 Å². The van der Waals surface area contributed by atoms with E-state index in [0.29, 0.717) is 23.4 Å². The molecule has 0 saturated carbocycles. The Morgan fingerprint density at radius 2 is 2.00 bits per heavy atom. The van der Waals surface area contributed by atoms with E-state index in [1.54, 1.807) is 13.8 Å². The Morgan fingerprint density at radius 3 is 2.73 bits per heavy atom. The minimum atomic E-state index is -0.932. The Bertz CT molecular complexity index is 1090. The standard InChI is InChI=1S/C23H25N3O4/c1-13-19(14(2)25-23(29)20(13)12-24)9-10-21(27)30-15(3)22(28)26-18-8-7-16-5-4-6-17(16)11-18/h7-8,11,15H,4-6,9-10H2,1-3H3,(H,25,29)(H,26,28)/t15-/m0/s1. The highest BCUT2D eigenvalue weighted by molar-refractivity contribution is 5.95. The zero-order chi connectivity index (χ0) is 21.8. The molecule has 1 aromatic heterocycles. The summed E-state index contributed by atoms with van der Waals surface area (Å²) in [5.74, 6) is -0.903. The van der Waals surface area contributed by atoms with Crippen molar-refractivity contribution in [2.45, 2.75) is 59.0 Å². The summed E-state index contributed by atoms with van der Waals surface area (Å²) in [6, 6.07) is 7.76. The average molecular weight is 407 g/mol. The number of pyridine rings is 1. The fourth-order valence-corrected chi connectivity index (χ4v) is 3.85. The fraction of sp³-hybridized carbons (Fsp3) is 0.391. The number of nitriles is 1. The van der Waals surface area contributed by atoms with Gasteiger partial charge in [-0.2, -0.15) is 5.26 Å². The molecular weight excluding hydrogens is 382 g/mol. The number of hydrogen-bond donors (Lipinski definition) is 2. The molecule has 2 N–H and O–H groups in total. The van der Waals surface area contributed by atoms with Crippen LogP contribution in [0.3, 0.4) is 0 Å². The number of benzene rings is 1. The number of ether oxygens (including phenoxy) is 1. The van der Waals surface area contributed by atoms with E-state index in [9.17, 15) is 14.4 Å². The number of esters is 1. The quantitative estimate of drug-likeness (QED) is 0.715. The van der Waals surface area contributed by atoms with E-state index < -0.39 is 17.6 Å². The lowest BCUT2D eigenvalue weighted by Crippen LogP contribution is -2.30. The van der Waals surface area contributed by atoms with E-state index in [0.717, 1.165) is 24.8 Å². The molecule has 3 rings (SSSR count). The van der Waals surface area contributed by atoms with Gasteiger partial charge < -0.3 is 15.0 Å². The SMILES string of the molecule is Cc1[nH]c(=O)c(C#N)c(C)c1CCC(=O)O[C@@H](C)C(=O)Nc1ccc2c(c1)CCC2. The first kappa shape index (κ1) is 21.3. The maximum Gasteiger partial charge on any atom is 0.306 e. The number of aryl methyl sites for hydroxylation is 3. The van der Waals surface area contributed by atoms with Crippen molar-refractivity contribution in [3.05, 3.63) is 62.1 Å². The van der Waals surface area contributed by atoms with Crippen LogP contribution in [0.4, 0.5) is 5.69 Å². The number of nitrogens with zero attached hydrogens (tertiary/aromatic N) is 1. The van der Waals surface area contributed by atoms with Crippen LogP contribution in [0.2, 0.25) is 0 Å². The molecule has 156 valence electrons. The van der Waals surface area contributed by atoms with E-state index in [4.69, 9.17) is 10.00 Å². The van der Waals surface area contributed by atoms with Crippen molar-refractivity contribution in [3.8, 4) is 6.07 Å². The van der Waals surface area contributed by atoms with Gasteiger partial charge >= 0.3 is 5.97 Å². The van der Waals surface area contributed by atoms with Crippen LogP contribution in [-0.4, -0.2) is 23.0 Å². The van der Waals surface area contributed by atoms with Crippen molar-refractivity contribution in [2.75, 3.05) is 5.32 Å². The number of H-pyrrole nitrogens is 1. The summed E-state index contributed by atoms with van der Waals surface area (Å²) in [5.41, 5.74) is 4.80. The monoisotopic (exact) mass is 407 g/mol. The van der Waals surface area contributed by atoms with Crippen LogP contribution in [-0.2, 0) is 33.6 Å². The molecule has 7 heteroatoms. The molecule has 7 nitrogen and oxygen atoms in total. The first-order valence-electron chi connectivity index (χ1n) is 10.0. The summed E-state index contributed by atoms with van der Waals surface area (Å²) < 4.78 is 5.27. The number of fused-ring (bicyclic) bond motifs is 1. The molecule has 0 saturated heterocycles. The summed E-state index contributed by atoms with van der Waals surface area (Å²) in [6.07, 6.45) is 2.63. The number of amides is 1. The summed E-state index contributed by atoms with van der Waals surface area (Å²) in [5, 5.41) is 11.9. The van der Waals surface area contributed by atoms with E-state index >= 15 is 0 Å². The average Bonchev–Trinajstić information content (AvgIpc) is 3.15. The predicted molar refractivity (Wildman–Crippen MR) is 112 cm³/mol. The molecule has 0 aliphatic heterocycles. The molecule has 1 aliphatic rings. The summed E-state index contributed by atoms with van der Waals surface area (Å²) in [7, 11) is 0. The highest BCUT2D eigenvalue weighted by atomic mass is 16.5. The topological polar surface area (TPSA) is 112 Å². The van der Waals surface area contributed by atoms with Crippen LogP contribution in [0, 0.1) is 25.2 Å². The molecule has 1 atom stereocenters. The van der Waals surface area contributed by atoms with Gasteiger partial charge in [0.15, 0.2) is 6.10 Å². The molecule has 1 aliphatic carbocycles. The lowest BCUT2D eigenvalue weighted by molar-refractivity contribution is -0.153. The third kappa shape index (κ3) is 4.60. The van der Waals surface area contributed by atoms with E-state index in [1.165, 1.54) is 18.1 Å². The van der Waals surface area contributed by atoms with E-state index in [1.807, 2.05) is 24.3 Å². The van der Waals surface area contributed by atoms with E-state index in [-0.39, 0.29) is 17.9 Å². The van der Waals surface area contributed by atoms with Crippen LogP contribution < -0.4 is 10.9 Å². The highest BCUT2D eigenvalue weighted by Crippen LogP contribution is 2.25. The van der Waals surface area contributed by atoms with Crippen molar-refractivity contribution >= 4 is 17.6 Å². The van der Waals surface area contributed by atoms with Gasteiger partial charge in [0.1, 0.15) is 11.6 Å². The predicted octanol–water partition coefficient (Wildman–Crippen LogP) is 2.86. The zero-order valence-electron chi connectivity index (χ0n) is 17.4. The maximum atomic E-state index is 12.4. The number of aromatic amines is 1. The fourth-order valence-electron chi connectivity index (χ4n) is 3.85. The Balaban J connectivity index is 1.57. The second-order valence-corrected chi connectivity index (χ2v) is 7.63. The molecule has 30 heavy (non-hydrogen) atoms. The molecule has 1 amide bonds. The van der Waals surface area contributed by atoms with Crippen LogP contribution in [0.5, 0.6) is 0 Å². The van der Waals surface area contributed by atoms with Gasteiger partial charge in [0, 0.05) is 17.8 Å². The summed E-state index contributed by atoms with van der Waals surface area (Å²) in [4.78, 5) is 39.1. The number of rotatable bonds is 6. The first-order chi connectivity index (χ1) is 14.3. The molecule has 0 spiro atoms. The maximum absolute atomic E-state index is 12.4. The van der Waals surface area contributed by atoms with Crippen LogP contribution in [0.15, 0.2) is 23.0 Å². The number of aromatic nitrogens is 1. The number of carbonyl (C=O) groups excluding carboxylic acids is 2. The minimum absolute atomic E-state index is 0.0368. The van der Waals surface area contributed by atoms with Crippen LogP contribution in [0.1, 0.15) is 53.3 Å². The summed E-state index contributed by atoms with van der Waals surface area (Å²) >= 11 is 0. The Kier molecular flexibility index (Phi) is 6.36. The Hall–Kier alpha value is -3.40. The highest BCUT2D eigenvalue weighted by Gasteiger charge is 2.20. The smallest absolute Gasteiger partial charge is 0.306 e. The number of carbonyl (C=O) groups is 2. The van der Waals surface area contributed by atoms with Gasteiger partial charge in [-0.1, -0.05) is 6.07 Å². The second-order valence-electron chi connectivity index (χ2n) is 7.63. The van der Waals surface area contributed by atoms with Crippen LogP contribution >= 0.6 is 0 Å². The van der Waals surface area contributed by atoms with Gasteiger partial charge in [-0.3, -0.25) is 14.4 Å². The first-order valence-corrected chi connectivity index (χ1v) is 10.0.